The zero-order valence-corrected chi connectivity index (χ0v) is 12.6. The molecular weight excluding hydrogens is 299 g/mol. The Labute approximate surface area is 127 Å². The summed E-state index contributed by atoms with van der Waals surface area (Å²) in [5.74, 6) is 0.834. The summed E-state index contributed by atoms with van der Waals surface area (Å²) >= 11 is 13.6. The Morgan fingerprint density at radius 2 is 1.89 bits per heavy atom. The van der Waals surface area contributed by atoms with Crippen LogP contribution in [0.2, 0.25) is 10.0 Å². The van der Waals surface area contributed by atoms with Crippen molar-refractivity contribution in [2.45, 2.75) is 17.4 Å². The molecule has 0 aliphatic rings. The van der Waals surface area contributed by atoms with Gasteiger partial charge in [-0.15, -0.1) is 11.8 Å². The second-order valence-electron chi connectivity index (χ2n) is 4.20. The summed E-state index contributed by atoms with van der Waals surface area (Å²) in [6, 6.07) is 9.73. The lowest BCUT2D eigenvalue weighted by molar-refractivity contribution is 0.748. The van der Waals surface area contributed by atoms with E-state index in [1.54, 1.807) is 24.2 Å². The second kappa shape index (κ2) is 7.15. The van der Waals surface area contributed by atoms with Crippen LogP contribution in [0, 0.1) is 0 Å². The number of benzene rings is 1. The summed E-state index contributed by atoms with van der Waals surface area (Å²) in [5.41, 5.74) is 7.17. The molecule has 1 heterocycles. The number of hydrogen-bond acceptors (Lipinski definition) is 3. The zero-order valence-electron chi connectivity index (χ0n) is 10.2. The van der Waals surface area contributed by atoms with Crippen LogP contribution in [0.1, 0.15) is 5.56 Å². The third-order valence-electron chi connectivity index (χ3n) is 2.62. The van der Waals surface area contributed by atoms with Crippen LogP contribution in [0.4, 0.5) is 0 Å². The zero-order chi connectivity index (χ0) is 13.7. The van der Waals surface area contributed by atoms with Crippen molar-refractivity contribution in [1.82, 2.24) is 4.98 Å². The Morgan fingerprint density at radius 1 is 1.16 bits per heavy atom. The average molecular weight is 313 g/mol. The molecule has 0 aliphatic carbocycles. The van der Waals surface area contributed by atoms with E-state index in [1.165, 1.54) is 4.90 Å². The number of pyridine rings is 1. The third-order valence-corrected chi connectivity index (χ3v) is 4.41. The van der Waals surface area contributed by atoms with Crippen molar-refractivity contribution < 1.29 is 0 Å². The van der Waals surface area contributed by atoms with Crippen LogP contribution in [-0.2, 0) is 6.42 Å². The average Bonchev–Trinajstić information content (AvgIpc) is 2.41. The molecule has 0 bridgehead atoms. The normalized spacial score (nSPS) is 12.4. The van der Waals surface area contributed by atoms with Gasteiger partial charge >= 0.3 is 0 Å². The molecule has 0 saturated carbocycles. The van der Waals surface area contributed by atoms with Crippen LogP contribution in [0.5, 0.6) is 0 Å². The number of nitrogens with zero attached hydrogens (tertiary/aromatic N) is 1. The van der Waals surface area contributed by atoms with Crippen LogP contribution >= 0.6 is 35.0 Å². The number of rotatable bonds is 5. The van der Waals surface area contributed by atoms with Gasteiger partial charge in [0.25, 0.3) is 0 Å². The van der Waals surface area contributed by atoms with E-state index in [0.29, 0.717) is 5.02 Å². The molecule has 2 nitrogen and oxygen atoms in total. The molecule has 0 aliphatic heterocycles. The molecule has 1 atom stereocenters. The molecule has 5 heteroatoms. The molecule has 2 aromatic rings. The van der Waals surface area contributed by atoms with Gasteiger partial charge in [0.15, 0.2) is 0 Å². The van der Waals surface area contributed by atoms with Gasteiger partial charge in [-0.25, -0.2) is 0 Å². The smallest absolute Gasteiger partial charge is 0.0621 e. The van der Waals surface area contributed by atoms with E-state index in [9.17, 15) is 0 Å². The fourth-order valence-electron chi connectivity index (χ4n) is 1.65. The first kappa shape index (κ1) is 14.7. The van der Waals surface area contributed by atoms with E-state index in [0.717, 1.165) is 22.8 Å². The SMILES string of the molecule is NC(CSc1ccc(Cl)cc1)Cc1ccncc1Cl. The van der Waals surface area contributed by atoms with Crippen LogP contribution in [0.3, 0.4) is 0 Å². The number of nitrogens with two attached hydrogens (primary N) is 1. The molecule has 0 radical (unpaired) electrons. The van der Waals surface area contributed by atoms with Crippen molar-refractivity contribution in [3.8, 4) is 0 Å². The topological polar surface area (TPSA) is 38.9 Å². The standard InChI is InChI=1S/C14H14Cl2N2S/c15-11-1-3-13(4-2-11)19-9-12(17)7-10-5-6-18-8-14(10)16/h1-6,8,12H,7,9,17H2. The van der Waals surface area contributed by atoms with E-state index < -0.39 is 0 Å². The van der Waals surface area contributed by atoms with Crippen molar-refractivity contribution >= 4 is 35.0 Å². The molecular formula is C14H14Cl2N2S. The predicted octanol–water partition coefficient (Wildman–Crippen LogP) is 4.05. The minimum atomic E-state index is 0.0561. The second-order valence-corrected chi connectivity index (χ2v) is 6.13. The fraction of sp³-hybridized carbons (Fsp3) is 0.214. The van der Waals surface area contributed by atoms with Gasteiger partial charge in [-0.05, 0) is 42.3 Å². The fourth-order valence-corrected chi connectivity index (χ4v) is 2.82. The molecule has 0 saturated heterocycles. The highest BCUT2D eigenvalue weighted by atomic mass is 35.5. The van der Waals surface area contributed by atoms with E-state index in [-0.39, 0.29) is 6.04 Å². The van der Waals surface area contributed by atoms with E-state index in [1.807, 2.05) is 30.3 Å². The summed E-state index contributed by atoms with van der Waals surface area (Å²) < 4.78 is 0. The highest BCUT2D eigenvalue weighted by Crippen LogP contribution is 2.22. The van der Waals surface area contributed by atoms with Crippen LogP contribution in [0.25, 0.3) is 0 Å². The van der Waals surface area contributed by atoms with Crippen molar-refractivity contribution in [2.24, 2.45) is 5.73 Å². The lowest BCUT2D eigenvalue weighted by Crippen LogP contribution is -2.25. The first-order valence-corrected chi connectivity index (χ1v) is 7.61. The van der Waals surface area contributed by atoms with E-state index >= 15 is 0 Å². The maximum atomic E-state index is 6.13. The van der Waals surface area contributed by atoms with Gasteiger partial charge < -0.3 is 5.73 Å². The Balaban J connectivity index is 1.86. The summed E-state index contributed by atoms with van der Waals surface area (Å²) in [5, 5.41) is 1.42. The van der Waals surface area contributed by atoms with Gasteiger partial charge in [0, 0.05) is 34.1 Å². The molecule has 0 spiro atoms. The van der Waals surface area contributed by atoms with Crippen molar-refractivity contribution in [3.63, 3.8) is 0 Å². The molecule has 1 unspecified atom stereocenters. The van der Waals surface area contributed by atoms with Gasteiger partial charge in [-0.3, -0.25) is 4.98 Å². The predicted molar refractivity (Wildman–Crippen MR) is 83.1 cm³/mol. The monoisotopic (exact) mass is 312 g/mol. The van der Waals surface area contributed by atoms with Crippen molar-refractivity contribution in [2.75, 3.05) is 5.75 Å². The molecule has 2 N–H and O–H groups in total. The van der Waals surface area contributed by atoms with Gasteiger partial charge in [0.05, 0.1) is 5.02 Å². The molecule has 0 amide bonds. The first-order chi connectivity index (χ1) is 9.15. The van der Waals surface area contributed by atoms with Crippen molar-refractivity contribution in [3.05, 3.63) is 58.3 Å². The maximum absolute atomic E-state index is 6.13. The molecule has 2 rings (SSSR count). The van der Waals surface area contributed by atoms with Crippen molar-refractivity contribution in [1.29, 1.82) is 0 Å². The molecule has 1 aromatic carbocycles. The minimum Gasteiger partial charge on any atom is -0.327 e. The number of halogens is 2. The summed E-state index contributed by atoms with van der Waals surface area (Å²) in [6.07, 6.45) is 4.14. The number of aromatic nitrogens is 1. The Morgan fingerprint density at radius 3 is 2.58 bits per heavy atom. The highest BCUT2D eigenvalue weighted by Gasteiger charge is 2.08. The van der Waals surface area contributed by atoms with E-state index in [4.69, 9.17) is 28.9 Å². The lowest BCUT2D eigenvalue weighted by Gasteiger charge is -2.12. The number of thioether (sulfide) groups is 1. The quantitative estimate of drug-likeness (QED) is 0.846. The van der Waals surface area contributed by atoms with Gasteiger partial charge in [-0.1, -0.05) is 23.2 Å². The number of hydrogen-bond donors (Lipinski definition) is 1. The summed E-state index contributed by atoms with van der Waals surface area (Å²) in [7, 11) is 0. The third kappa shape index (κ3) is 4.69. The largest absolute Gasteiger partial charge is 0.327 e. The minimum absolute atomic E-state index is 0.0561. The van der Waals surface area contributed by atoms with Crippen LogP contribution in [0.15, 0.2) is 47.6 Å². The Kier molecular flexibility index (Phi) is 5.52. The maximum Gasteiger partial charge on any atom is 0.0621 e. The Hall–Kier alpha value is -0.740. The molecule has 0 fully saturated rings. The van der Waals surface area contributed by atoms with E-state index in [2.05, 4.69) is 4.98 Å². The Bertz CT molecular complexity index is 531. The lowest BCUT2D eigenvalue weighted by atomic mass is 10.1. The van der Waals surface area contributed by atoms with Gasteiger partial charge in [0.1, 0.15) is 0 Å². The highest BCUT2D eigenvalue weighted by molar-refractivity contribution is 7.99. The van der Waals surface area contributed by atoms with Gasteiger partial charge in [0.2, 0.25) is 0 Å². The summed E-state index contributed by atoms with van der Waals surface area (Å²) in [4.78, 5) is 5.13. The molecule has 19 heavy (non-hydrogen) atoms. The van der Waals surface area contributed by atoms with Crippen LogP contribution < -0.4 is 5.73 Å². The van der Waals surface area contributed by atoms with Crippen LogP contribution in [-0.4, -0.2) is 16.8 Å². The molecule has 100 valence electrons. The molecule has 1 aromatic heterocycles. The van der Waals surface area contributed by atoms with Gasteiger partial charge in [-0.2, -0.15) is 0 Å². The summed E-state index contributed by atoms with van der Waals surface area (Å²) in [6.45, 7) is 0. The first-order valence-electron chi connectivity index (χ1n) is 5.87.